The second kappa shape index (κ2) is 10.0. The molecule has 27 heavy (non-hydrogen) atoms. The predicted octanol–water partition coefficient (Wildman–Crippen LogP) is 3.68. The Morgan fingerprint density at radius 2 is 1.93 bits per heavy atom. The van der Waals surface area contributed by atoms with E-state index in [-0.39, 0.29) is 0 Å². The molecule has 0 aliphatic rings. The van der Waals surface area contributed by atoms with Gasteiger partial charge in [-0.1, -0.05) is 24.3 Å². The first-order valence-electron chi connectivity index (χ1n) is 8.59. The molecule has 6 heteroatoms. The molecule has 0 saturated heterocycles. The first-order valence-corrected chi connectivity index (χ1v) is 8.59. The van der Waals surface area contributed by atoms with E-state index in [1.165, 1.54) is 13.0 Å². The highest BCUT2D eigenvalue weighted by molar-refractivity contribution is 5.96. The minimum absolute atomic E-state index is 0.431. The number of carbonyl (C=O) groups is 2. The summed E-state index contributed by atoms with van der Waals surface area (Å²) in [6.07, 6.45) is 1.92. The van der Waals surface area contributed by atoms with E-state index >= 15 is 0 Å². The Hall–Kier alpha value is -3.28. The second-order valence-corrected chi connectivity index (χ2v) is 5.60. The molecule has 1 N–H and O–H groups in total. The van der Waals surface area contributed by atoms with Crippen molar-refractivity contribution in [3.63, 3.8) is 0 Å². The molecule has 0 heterocycles. The summed E-state index contributed by atoms with van der Waals surface area (Å²) in [4.78, 5) is 24.2. The number of carbonyl (C=O) groups excluding carboxylic acids is 2. The zero-order chi connectivity index (χ0) is 19.6. The fourth-order valence-corrected chi connectivity index (χ4v) is 2.27. The van der Waals surface area contributed by atoms with Gasteiger partial charge in [-0.2, -0.15) is 0 Å². The van der Waals surface area contributed by atoms with E-state index in [2.05, 4.69) is 5.32 Å². The molecule has 0 aliphatic carbocycles. The van der Waals surface area contributed by atoms with Crippen molar-refractivity contribution in [3.05, 3.63) is 60.2 Å². The second-order valence-electron chi connectivity index (χ2n) is 5.60. The molecule has 0 spiro atoms. The minimum atomic E-state index is -0.949. The molecule has 6 nitrogen and oxygen atoms in total. The van der Waals surface area contributed by atoms with Crippen LogP contribution in [0.25, 0.3) is 6.08 Å². The standard InChI is InChI=1S/C21H23NO5/c1-4-26-19-11-6-5-8-16(19)12-13-20(23)27-15(2)21(24)22-17-9-7-10-18(14-17)25-3/h5-15H,4H2,1-3H3,(H,22,24)/b13-12+/t15-/m0/s1. The SMILES string of the molecule is CCOc1ccccc1/C=C/C(=O)O[C@@H](C)C(=O)Nc1cccc(OC)c1. The average Bonchev–Trinajstić information content (AvgIpc) is 2.67. The van der Waals surface area contributed by atoms with Crippen LogP contribution in [0.5, 0.6) is 11.5 Å². The molecule has 0 aromatic heterocycles. The van der Waals surface area contributed by atoms with E-state index in [1.807, 2.05) is 31.2 Å². The lowest BCUT2D eigenvalue weighted by Gasteiger charge is -2.13. The number of rotatable bonds is 8. The third kappa shape index (κ3) is 6.18. The van der Waals surface area contributed by atoms with Crippen LogP contribution in [-0.4, -0.2) is 31.7 Å². The quantitative estimate of drug-likeness (QED) is 0.568. The van der Waals surface area contributed by atoms with Gasteiger partial charge in [0.1, 0.15) is 11.5 Å². The van der Waals surface area contributed by atoms with Gasteiger partial charge < -0.3 is 19.5 Å². The normalized spacial score (nSPS) is 11.7. The van der Waals surface area contributed by atoms with Gasteiger partial charge in [0.15, 0.2) is 6.10 Å². The highest BCUT2D eigenvalue weighted by Crippen LogP contribution is 2.20. The summed E-state index contributed by atoms with van der Waals surface area (Å²) in [6.45, 7) is 3.92. The van der Waals surface area contributed by atoms with Crippen molar-refractivity contribution >= 4 is 23.6 Å². The molecule has 0 saturated carbocycles. The highest BCUT2D eigenvalue weighted by atomic mass is 16.5. The van der Waals surface area contributed by atoms with Crippen LogP contribution in [0.15, 0.2) is 54.6 Å². The molecule has 2 rings (SSSR count). The van der Waals surface area contributed by atoms with Crippen molar-refractivity contribution in [2.45, 2.75) is 20.0 Å². The molecule has 0 bridgehead atoms. The fraction of sp³-hybridized carbons (Fsp3) is 0.238. The molecule has 2 aromatic carbocycles. The van der Waals surface area contributed by atoms with E-state index in [1.54, 1.807) is 37.5 Å². The summed E-state index contributed by atoms with van der Waals surface area (Å²) in [5.41, 5.74) is 1.31. The molecule has 1 amide bonds. The van der Waals surface area contributed by atoms with Crippen molar-refractivity contribution in [2.24, 2.45) is 0 Å². The number of ether oxygens (including phenoxy) is 3. The lowest BCUT2D eigenvalue weighted by atomic mass is 10.2. The third-order valence-corrected chi connectivity index (χ3v) is 3.62. The molecule has 2 aromatic rings. The topological polar surface area (TPSA) is 73.9 Å². The zero-order valence-corrected chi connectivity index (χ0v) is 15.6. The number of amides is 1. The number of anilines is 1. The molecular formula is C21H23NO5. The predicted molar refractivity (Wildman–Crippen MR) is 104 cm³/mol. The van der Waals surface area contributed by atoms with Crippen molar-refractivity contribution in [1.29, 1.82) is 0 Å². The zero-order valence-electron chi connectivity index (χ0n) is 15.6. The summed E-state index contributed by atoms with van der Waals surface area (Å²) >= 11 is 0. The van der Waals surface area contributed by atoms with E-state index < -0.39 is 18.0 Å². The summed E-state index contributed by atoms with van der Waals surface area (Å²) in [6, 6.07) is 14.3. The van der Waals surface area contributed by atoms with Gasteiger partial charge in [-0.3, -0.25) is 4.79 Å². The van der Waals surface area contributed by atoms with Crippen LogP contribution in [0.3, 0.4) is 0 Å². The number of hydrogen-bond acceptors (Lipinski definition) is 5. The first-order chi connectivity index (χ1) is 13.0. The smallest absolute Gasteiger partial charge is 0.331 e. The Morgan fingerprint density at radius 3 is 2.67 bits per heavy atom. The Bertz CT molecular complexity index is 816. The van der Waals surface area contributed by atoms with Gasteiger partial charge in [0.25, 0.3) is 5.91 Å². The number of benzene rings is 2. The van der Waals surface area contributed by atoms with Gasteiger partial charge in [0.05, 0.1) is 13.7 Å². The maximum absolute atomic E-state index is 12.2. The van der Waals surface area contributed by atoms with Crippen molar-refractivity contribution in [1.82, 2.24) is 0 Å². The van der Waals surface area contributed by atoms with E-state index in [4.69, 9.17) is 14.2 Å². The largest absolute Gasteiger partial charge is 0.497 e. The van der Waals surface area contributed by atoms with Gasteiger partial charge in [-0.15, -0.1) is 0 Å². The van der Waals surface area contributed by atoms with Crippen LogP contribution in [0, 0.1) is 0 Å². The van der Waals surface area contributed by atoms with Crippen molar-refractivity contribution in [3.8, 4) is 11.5 Å². The average molecular weight is 369 g/mol. The number of esters is 1. The molecule has 0 fully saturated rings. The Balaban J connectivity index is 1.93. The van der Waals surface area contributed by atoms with Crippen molar-refractivity contribution < 1.29 is 23.8 Å². The van der Waals surface area contributed by atoms with Crippen LogP contribution < -0.4 is 14.8 Å². The van der Waals surface area contributed by atoms with Gasteiger partial charge in [-0.25, -0.2) is 4.79 Å². The van der Waals surface area contributed by atoms with Gasteiger partial charge in [-0.05, 0) is 38.1 Å². The molecule has 0 aliphatic heterocycles. The Morgan fingerprint density at radius 1 is 1.15 bits per heavy atom. The summed E-state index contributed by atoms with van der Waals surface area (Å²) < 4.78 is 15.8. The van der Waals surface area contributed by atoms with Crippen LogP contribution >= 0.6 is 0 Å². The van der Waals surface area contributed by atoms with Crippen LogP contribution in [0.4, 0.5) is 5.69 Å². The maximum Gasteiger partial charge on any atom is 0.331 e. The van der Waals surface area contributed by atoms with E-state index in [9.17, 15) is 9.59 Å². The van der Waals surface area contributed by atoms with Crippen LogP contribution in [0.1, 0.15) is 19.4 Å². The lowest BCUT2D eigenvalue weighted by Crippen LogP contribution is -2.29. The monoisotopic (exact) mass is 369 g/mol. The van der Waals surface area contributed by atoms with E-state index in [0.29, 0.717) is 23.8 Å². The summed E-state index contributed by atoms with van der Waals surface area (Å²) in [5, 5.41) is 2.68. The highest BCUT2D eigenvalue weighted by Gasteiger charge is 2.17. The van der Waals surface area contributed by atoms with Gasteiger partial charge in [0, 0.05) is 23.4 Å². The number of nitrogens with one attached hydrogen (secondary N) is 1. The third-order valence-electron chi connectivity index (χ3n) is 3.62. The molecule has 0 radical (unpaired) electrons. The fourth-order valence-electron chi connectivity index (χ4n) is 2.27. The molecule has 1 atom stereocenters. The Labute approximate surface area is 158 Å². The number of hydrogen-bond donors (Lipinski definition) is 1. The van der Waals surface area contributed by atoms with Gasteiger partial charge in [0.2, 0.25) is 0 Å². The molecular weight excluding hydrogens is 346 g/mol. The van der Waals surface area contributed by atoms with E-state index in [0.717, 1.165) is 5.56 Å². The van der Waals surface area contributed by atoms with Crippen LogP contribution in [-0.2, 0) is 14.3 Å². The van der Waals surface area contributed by atoms with Crippen molar-refractivity contribution in [2.75, 3.05) is 19.0 Å². The molecule has 0 unspecified atom stereocenters. The first kappa shape index (κ1) is 20.0. The minimum Gasteiger partial charge on any atom is -0.497 e. The Kier molecular flexibility index (Phi) is 7.43. The molecule has 142 valence electrons. The van der Waals surface area contributed by atoms with Crippen LogP contribution in [0.2, 0.25) is 0 Å². The summed E-state index contributed by atoms with van der Waals surface area (Å²) in [5.74, 6) is 0.246. The number of para-hydroxylation sites is 1. The van der Waals surface area contributed by atoms with Gasteiger partial charge >= 0.3 is 5.97 Å². The summed E-state index contributed by atoms with van der Waals surface area (Å²) in [7, 11) is 1.54. The lowest BCUT2D eigenvalue weighted by molar-refractivity contribution is -0.148. The maximum atomic E-state index is 12.2. The number of methoxy groups -OCH3 is 1.